The Morgan fingerprint density at radius 1 is 1.41 bits per heavy atom. The summed E-state index contributed by atoms with van der Waals surface area (Å²) in [6.45, 7) is 3.27. The molecule has 0 bridgehead atoms. The van der Waals surface area contributed by atoms with Gasteiger partial charge >= 0.3 is 0 Å². The van der Waals surface area contributed by atoms with Gasteiger partial charge < -0.3 is 10.5 Å². The van der Waals surface area contributed by atoms with Crippen molar-refractivity contribution >= 4 is 5.84 Å². The first-order chi connectivity index (χ1) is 8.20. The van der Waals surface area contributed by atoms with E-state index < -0.39 is 0 Å². The van der Waals surface area contributed by atoms with Gasteiger partial charge in [-0.1, -0.05) is 6.07 Å². The van der Waals surface area contributed by atoms with Crippen LogP contribution in [0.2, 0.25) is 0 Å². The summed E-state index contributed by atoms with van der Waals surface area (Å²) < 4.78 is 5.20. The van der Waals surface area contributed by atoms with E-state index in [2.05, 4.69) is 4.90 Å². The van der Waals surface area contributed by atoms with Gasteiger partial charge in [0.15, 0.2) is 0 Å². The van der Waals surface area contributed by atoms with Crippen molar-refractivity contribution in [3.05, 3.63) is 29.3 Å². The van der Waals surface area contributed by atoms with Gasteiger partial charge in [-0.3, -0.25) is 10.3 Å². The van der Waals surface area contributed by atoms with Crippen molar-refractivity contribution in [2.45, 2.75) is 19.4 Å². The van der Waals surface area contributed by atoms with Crippen LogP contribution in [0, 0.1) is 5.41 Å². The Morgan fingerprint density at radius 2 is 2.12 bits per heavy atom. The Labute approximate surface area is 102 Å². The highest BCUT2D eigenvalue weighted by Crippen LogP contribution is 2.21. The molecule has 1 heterocycles. The van der Waals surface area contributed by atoms with Crippen molar-refractivity contribution in [1.29, 1.82) is 5.41 Å². The van der Waals surface area contributed by atoms with Crippen molar-refractivity contribution in [3.8, 4) is 5.75 Å². The van der Waals surface area contributed by atoms with E-state index >= 15 is 0 Å². The van der Waals surface area contributed by atoms with E-state index in [1.807, 2.05) is 18.2 Å². The normalized spacial score (nSPS) is 16.1. The van der Waals surface area contributed by atoms with Gasteiger partial charge in [-0.25, -0.2) is 0 Å². The van der Waals surface area contributed by atoms with Crippen molar-refractivity contribution in [2.75, 3.05) is 20.2 Å². The number of nitrogen functional groups attached to an aromatic ring is 1. The van der Waals surface area contributed by atoms with E-state index in [1.54, 1.807) is 7.11 Å². The maximum Gasteiger partial charge on any atom is 0.129 e. The maximum absolute atomic E-state index is 7.54. The van der Waals surface area contributed by atoms with Crippen LogP contribution in [0.5, 0.6) is 5.75 Å². The molecule has 0 aromatic heterocycles. The van der Waals surface area contributed by atoms with Crippen LogP contribution in [0.4, 0.5) is 0 Å². The van der Waals surface area contributed by atoms with Crippen LogP contribution >= 0.6 is 0 Å². The summed E-state index contributed by atoms with van der Waals surface area (Å²) in [4.78, 5) is 2.42. The minimum atomic E-state index is 0.0603. The molecule has 92 valence electrons. The fourth-order valence-corrected chi connectivity index (χ4v) is 2.26. The summed E-state index contributed by atoms with van der Waals surface area (Å²) in [5.74, 6) is 0.729. The van der Waals surface area contributed by atoms with Crippen LogP contribution in [-0.2, 0) is 6.54 Å². The number of hydrogen-bond donors (Lipinski definition) is 2. The second-order valence-corrected chi connectivity index (χ2v) is 4.43. The number of likely N-dealkylation sites (tertiary alicyclic amines) is 1. The van der Waals surface area contributed by atoms with Crippen LogP contribution in [0.25, 0.3) is 0 Å². The van der Waals surface area contributed by atoms with E-state index in [-0.39, 0.29) is 5.84 Å². The first-order valence-corrected chi connectivity index (χ1v) is 5.94. The minimum Gasteiger partial charge on any atom is -0.496 e. The van der Waals surface area contributed by atoms with Gasteiger partial charge in [-0.05, 0) is 43.6 Å². The molecule has 1 aromatic rings. The molecule has 4 heteroatoms. The predicted octanol–water partition coefficient (Wildman–Crippen LogP) is 1.58. The van der Waals surface area contributed by atoms with Crippen LogP contribution in [-0.4, -0.2) is 30.9 Å². The highest BCUT2D eigenvalue weighted by Gasteiger charge is 2.13. The standard InChI is InChI=1S/C13H19N3O/c1-17-12-5-4-10(8-11(12)13(14)15)9-16-6-2-3-7-16/h4-5,8H,2-3,6-7,9H2,1H3,(H3,14,15). The lowest BCUT2D eigenvalue weighted by atomic mass is 10.1. The monoisotopic (exact) mass is 233 g/mol. The van der Waals surface area contributed by atoms with Gasteiger partial charge in [-0.2, -0.15) is 0 Å². The lowest BCUT2D eigenvalue weighted by Gasteiger charge is -2.16. The maximum atomic E-state index is 7.54. The Hall–Kier alpha value is -1.55. The molecule has 3 N–H and O–H groups in total. The summed E-state index contributed by atoms with van der Waals surface area (Å²) >= 11 is 0. The lowest BCUT2D eigenvalue weighted by molar-refractivity contribution is 0.331. The van der Waals surface area contributed by atoms with E-state index in [1.165, 1.54) is 31.5 Å². The van der Waals surface area contributed by atoms with E-state index in [0.717, 1.165) is 6.54 Å². The van der Waals surface area contributed by atoms with Gasteiger partial charge in [0.05, 0.1) is 12.7 Å². The van der Waals surface area contributed by atoms with Gasteiger partial charge in [0.25, 0.3) is 0 Å². The summed E-state index contributed by atoms with van der Waals surface area (Å²) in [6, 6.07) is 5.89. The average Bonchev–Trinajstić information content (AvgIpc) is 2.81. The molecule has 1 aliphatic rings. The van der Waals surface area contributed by atoms with Gasteiger partial charge in [0, 0.05) is 6.54 Å². The number of rotatable bonds is 4. The number of benzene rings is 1. The van der Waals surface area contributed by atoms with Gasteiger partial charge in [0.2, 0.25) is 0 Å². The number of nitrogens with two attached hydrogens (primary N) is 1. The third-order valence-electron chi connectivity index (χ3n) is 3.16. The molecule has 0 amide bonds. The summed E-state index contributed by atoms with van der Waals surface area (Å²) in [6.07, 6.45) is 2.57. The second-order valence-electron chi connectivity index (χ2n) is 4.43. The quantitative estimate of drug-likeness (QED) is 0.613. The Balaban J connectivity index is 2.17. The molecule has 1 aromatic carbocycles. The van der Waals surface area contributed by atoms with Crippen molar-refractivity contribution < 1.29 is 4.74 Å². The Morgan fingerprint density at radius 3 is 2.71 bits per heavy atom. The predicted molar refractivity (Wildman–Crippen MR) is 68.5 cm³/mol. The highest BCUT2D eigenvalue weighted by molar-refractivity contribution is 5.97. The zero-order chi connectivity index (χ0) is 12.3. The van der Waals surface area contributed by atoms with Gasteiger partial charge in [0.1, 0.15) is 11.6 Å². The molecule has 0 saturated carbocycles. The first kappa shape index (κ1) is 11.9. The zero-order valence-electron chi connectivity index (χ0n) is 10.2. The molecule has 1 saturated heterocycles. The third-order valence-corrected chi connectivity index (χ3v) is 3.16. The van der Waals surface area contributed by atoms with Crippen LogP contribution in [0.15, 0.2) is 18.2 Å². The number of methoxy groups -OCH3 is 1. The number of amidine groups is 1. The van der Waals surface area contributed by atoms with Crippen molar-refractivity contribution in [3.63, 3.8) is 0 Å². The summed E-state index contributed by atoms with van der Waals surface area (Å²) in [7, 11) is 1.60. The van der Waals surface area contributed by atoms with E-state index in [0.29, 0.717) is 11.3 Å². The molecule has 4 nitrogen and oxygen atoms in total. The molecular weight excluding hydrogens is 214 g/mol. The van der Waals surface area contributed by atoms with Gasteiger partial charge in [-0.15, -0.1) is 0 Å². The molecule has 0 aliphatic carbocycles. The number of hydrogen-bond acceptors (Lipinski definition) is 3. The molecule has 17 heavy (non-hydrogen) atoms. The van der Waals surface area contributed by atoms with E-state index in [9.17, 15) is 0 Å². The zero-order valence-corrected chi connectivity index (χ0v) is 10.2. The van der Waals surface area contributed by atoms with Crippen molar-refractivity contribution in [2.24, 2.45) is 5.73 Å². The molecule has 1 fully saturated rings. The Kier molecular flexibility index (Phi) is 3.64. The molecule has 0 unspecified atom stereocenters. The molecule has 0 spiro atoms. The fraction of sp³-hybridized carbons (Fsp3) is 0.462. The molecule has 0 atom stereocenters. The number of nitrogens with one attached hydrogen (secondary N) is 1. The van der Waals surface area contributed by atoms with Crippen LogP contribution in [0.1, 0.15) is 24.0 Å². The SMILES string of the molecule is COc1ccc(CN2CCCC2)cc1C(=N)N. The van der Waals surface area contributed by atoms with Crippen LogP contribution in [0.3, 0.4) is 0 Å². The number of ether oxygens (including phenoxy) is 1. The largest absolute Gasteiger partial charge is 0.496 e. The smallest absolute Gasteiger partial charge is 0.129 e. The summed E-state index contributed by atoms with van der Waals surface area (Å²) in [5, 5.41) is 7.54. The minimum absolute atomic E-state index is 0.0603. The van der Waals surface area contributed by atoms with Crippen LogP contribution < -0.4 is 10.5 Å². The first-order valence-electron chi connectivity index (χ1n) is 5.94. The molecule has 0 radical (unpaired) electrons. The number of nitrogens with zero attached hydrogens (tertiary/aromatic N) is 1. The lowest BCUT2D eigenvalue weighted by Crippen LogP contribution is -2.19. The van der Waals surface area contributed by atoms with Crippen molar-refractivity contribution in [1.82, 2.24) is 4.90 Å². The highest BCUT2D eigenvalue weighted by atomic mass is 16.5. The molecule has 2 rings (SSSR count). The second kappa shape index (κ2) is 5.19. The average molecular weight is 233 g/mol. The van der Waals surface area contributed by atoms with E-state index in [4.69, 9.17) is 15.9 Å². The fourth-order valence-electron chi connectivity index (χ4n) is 2.26. The topological polar surface area (TPSA) is 62.3 Å². The molecule has 1 aliphatic heterocycles. The third kappa shape index (κ3) is 2.77. The summed E-state index contributed by atoms with van der Waals surface area (Å²) in [5.41, 5.74) is 7.43. The molecular formula is C13H19N3O. The Bertz CT molecular complexity index is 411.